The van der Waals surface area contributed by atoms with Gasteiger partial charge in [0.1, 0.15) is 11.7 Å². The van der Waals surface area contributed by atoms with Gasteiger partial charge in [0.15, 0.2) is 0 Å². The van der Waals surface area contributed by atoms with Gasteiger partial charge in [-0.1, -0.05) is 0 Å². The minimum Gasteiger partial charge on any atom is -0.350 e. The lowest BCUT2D eigenvalue weighted by Gasteiger charge is -1.92. The molecule has 0 radical (unpaired) electrons. The van der Waals surface area contributed by atoms with Crippen molar-refractivity contribution in [2.24, 2.45) is 7.05 Å². The first kappa shape index (κ1) is 6.29. The van der Waals surface area contributed by atoms with Crippen molar-refractivity contribution in [3.63, 3.8) is 0 Å². The lowest BCUT2D eigenvalue weighted by Crippen LogP contribution is -2.52. The molecule has 0 unspecified atom stereocenters. The topological polar surface area (TPSA) is 45.5 Å². The van der Waals surface area contributed by atoms with Crippen LogP contribution in [-0.4, -0.2) is 9.78 Å². The number of hydrogen-bond acceptors (Lipinski definition) is 1. The van der Waals surface area contributed by atoms with Crippen LogP contribution in [0.25, 0.3) is 0 Å². The molecule has 0 spiro atoms. The molecule has 1 heterocycles. The molecule has 0 bridgehead atoms. The van der Waals surface area contributed by atoms with E-state index in [-0.39, 0.29) is 0 Å². The first-order valence-electron chi connectivity index (χ1n) is 3.03. The van der Waals surface area contributed by atoms with Gasteiger partial charge in [-0.3, -0.25) is 4.68 Å². The van der Waals surface area contributed by atoms with Crippen molar-refractivity contribution in [3.05, 3.63) is 18.0 Å². The molecule has 0 aliphatic rings. The van der Waals surface area contributed by atoms with Crippen LogP contribution >= 0.6 is 0 Å². The molecule has 0 aliphatic carbocycles. The van der Waals surface area contributed by atoms with Gasteiger partial charge in [-0.2, -0.15) is 5.10 Å². The van der Waals surface area contributed by atoms with E-state index in [9.17, 15) is 0 Å². The lowest BCUT2D eigenvalue weighted by atomic mass is 10.3. The van der Waals surface area contributed by atoms with Crippen molar-refractivity contribution in [3.8, 4) is 0 Å². The second-order valence-electron chi connectivity index (χ2n) is 2.32. The maximum absolute atomic E-state index is 4.16. The molecule has 0 aromatic carbocycles. The SMILES string of the molecule is C[C@@H]([NH3+])c1ccn(C)n1. The summed E-state index contributed by atoms with van der Waals surface area (Å²) in [4.78, 5) is 0. The number of nitrogens with zero attached hydrogens (tertiary/aromatic N) is 2. The molecule has 0 amide bonds. The van der Waals surface area contributed by atoms with Crippen LogP contribution in [0.2, 0.25) is 0 Å². The Morgan fingerprint density at radius 1 is 1.78 bits per heavy atom. The molecule has 0 fully saturated rings. The number of rotatable bonds is 1. The number of aromatic nitrogens is 2. The molecule has 3 heteroatoms. The van der Waals surface area contributed by atoms with E-state index in [4.69, 9.17) is 0 Å². The minimum absolute atomic E-state index is 0.297. The Kier molecular flexibility index (Phi) is 1.53. The highest BCUT2D eigenvalue weighted by Crippen LogP contribution is 2.01. The van der Waals surface area contributed by atoms with E-state index >= 15 is 0 Å². The van der Waals surface area contributed by atoms with Gasteiger partial charge in [-0.25, -0.2) is 0 Å². The fourth-order valence-electron chi connectivity index (χ4n) is 0.696. The van der Waals surface area contributed by atoms with Gasteiger partial charge in [0.2, 0.25) is 0 Å². The van der Waals surface area contributed by atoms with E-state index in [0.29, 0.717) is 6.04 Å². The highest BCUT2D eigenvalue weighted by molar-refractivity contribution is 5.00. The van der Waals surface area contributed by atoms with Crippen molar-refractivity contribution in [1.82, 2.24) is 9.78 Å². The summed E-state index contributed by atoms with van der Waals surface area (Å²) < 4.78 is 1.79. The molecule has 9 heavy (non-hydrogen) atoms. The van der Waals surface area contributed by atoms with Crippen LogP contribution in [0.1, 0.15) is 18.7 Å². The third-order valence-electron chi connectivity index (χ3n) is 1.24. The molecule has 1 aromatic rings. The summed E-state index contributed by atoms with van der Waals surface area (Å²) in [6.07, 6.45) is 1.93. The molecule has 1 atom stereocenters. The number of quaternary nitrogens is 1. The van der Waals surface area contributed by atoms with E-state index in [0.717, 1.165) is 5.69 Å². The molecule has 1 rings (SSSR count). The summed E-state index contributed by atoms with van der Waals surface area (Å²) in [6, 6.07) is 2.28. The predicted molar refractivity (Wildman–Crippen MR) is 34.5 cm³/mol. The first-order chi connectivity index (χ1) is 4.20. The predicted octanol–water partition coefficient (Wildman–Crippen LogP) is -0.277. The van der Waals surface area contributed by atoms with Gasteiger partial charge in [0, 0.05) is 13.2 Å². The average molecular weight is 126 g/mol. The lowest BCUT2D eigenvalue weighted by molar-refractivity contribution is -0.421. The van der Waals surface area contributed by atoms with Crippen LogP contribution in [0.15, 0.2) is 12.3 Å². The van der Waals surface area contributed by atoms with E-state index in [1.807, 2.05) is 26.2 Å². The number of aryl methyl sites for hydroxylation is 1. The summed E-state index contributed by atoms with van der Waals surface area (Å²) in [5.74, 6) is 0. The highest BCUT2D eigenvalue weighted by Gasteiger charge is 2.03. The largest absolute Gasteiger partial charge is 0.350 e. The maximum Gasteiger partial charge on any atom is 0.126 e. The van der Waals surface area contributed by atoms with E-state index < -0.39 is 0 Å². The fraction of sp³-hybridized carbons (Fsp3) is 0.500. The Hall–Kier alpha value is -0.830. The zero-order valence-electron chi connectivity index (χ0n) is 5.83. The summed E-state index contributed by atoms with van der Waals surface area (Å²) in [7, 11) is 1.91. The minimum atomic E-state index is 0.297. The van der Waals surface area contributed by atoms with E-state index in [2.05, 4.69) is 10.8 Å². The first-order valence-corrected chi connectivity index (χ1v) is 3.03. The standard InChI is InChI=1S/C6H11N3/c1-5(7)6-3-4-9(2)8-6/h3-5H,7H2,1-2H3/p+1/t5-/m1/s1. The van der Waals surface area contributed by atoms with Gasteiger partial charge < -0.3 is 5.73 Å². The van der Waals surface area contributed by atoms with Crippen LogP contribution in [0, 0.1) is 0 Å². The molecular formula is C6H12N3+. The van der Waals surface area contributed by atoms with Gasteiger partial charge in [0.25, 0.3) is 0 Å². The van der Waals surface area contributed by atoms with Crippen LogP contribution in [-0.2, 0) is 7.05 Å². The number of hydrogen-bond donors (Lipinski definition) is 1. The normalized spacial score (nSPS) is 13.7. The Labute approximate surface area is 54.5 Å². The molecular weight excluding hydrogens is 114 g/mol. The molecule has 3 N–H and O–H groups in total. The monoisotopic (exact) mass is 126 g/mol. The van der Waals surface area contributed by atoms with Crippen molar-refractivity contribution >= 4 is 0 Å². The fourth-order valence-corrected chi connectivity index (χ4v) is 0.696. The smallest absolute Gasteiger partial charge is 0.126 e. The maximum atomic E-state index is 4.16. The third kappa shape index (κ3) is 1.29. The summed E-state index contributed by atoms with van der Waals surface area (Å²) in [6.45, 7) is 2.03. The van der Waals surface area contributed by atoms with Crippen LogP contribution in [0.5, 0.6) is 0 Å². The second-order valence-corrected chi connectivity index (χ2v) is 2.32. The summed E-state index contributed by atoms with van der Waals surface area (Å²) >= 11 is 0. The van der Waals surface area contributed by atoms with Gasteiger partial charge in [-0.15, -0.1) is 0 Å². The third-order valence-corrected chi connectivity index (χ3v) is 1.24. The highest BCUT2D eigenvalue weighted by atomic mass is 15.3. The molecule has 0 saturated carbocycles. The van der Waals surface area contributed by atoms with E-state index in [1.165, 1.54) is 0 Å². The van der Waals surface area contributed by atoms with Gasteiger partial charge in [0.05, 0.1) is 0 Å². The van der Waals surface area contributed by atoms with Gasteiger partial charge >= 0.3 is 0 Å². The molecule has 50 valence electrons. The zero-order valence-corrected chi connectivity index (χ0v) is 5.83. The average Bonchev–Trinajstić information content (AvgIpc) is 2.14. The van der Waals surface area contributed by atoms with Crippen molar-refractivity contribution in [1.29, 1.82) is 0 Å². The second kappa shape index (κ2) is 2.19. The van der Waals surface area contributed by atoms with Crippen molar-refractivity contribution in [2.75, 3.05) is 0 Å². The van der Waals surface area contributed by atoms with Crippen molar-refractivity contribution in [2.45, 2.75) is 13.0 Å². The zero-order chi connectivity index (χ0) is 6.85. The summed E-state index contributed by atoms with van der Waals surface area (Å²) in [5.41, 5.74) is 4.90. The van der Waals surface area contributed by atoms with Gasteiger partial charge in [-0.05, 0) is 13.0 Å². The molecule has 1 aromatic heterocycles. The Balaban J connectivity index is 2.85. The summed E-state index contributed by atoms with van der Waals surface area (Å²) in [5, 5.41) is 4.16. The van der Waals surface area contributed by atoms with E-state index in [1.54, 1.807) is 4.68 Å². The Morgan fingerprint density at radius 3 is 2.67 bits per heavy atom. The Morgan fingerprint density at radius 2 is 2.44 bits per heavy atom. The van der Waals surface area contributed by atoms with Crippen LogP contribution in [0.3, 0.4) is 0 Å². The van der Waals surface area contributed by atoms with Crippen LogP contribution in [0.4, 0.5) is 0 Å². The molecule has 3 nitrogen and oxygen atoms in total. The molecule has 0 saturated heterocycles. The molecule has 0 aliphatic heterocycles. The van der Waals surface area contributed by atoms with Crippen LogP contribution < -0.4 is 5.73 Å². The van der Waals surface area contributed by atoms with Crippen molar-refractivity contribution < 1.29 is 5.73 Å². The Bertz CT molecular complexity index is 190. The quantitative estimate of drug-likeness (QED) is 0.553.